The second-order valence-corrected chi connectivity index (χ2v) is 4.18. The number of pyridine rings is 1. The van der Waals surface area contributed by atoms with Crippen LogP contribution in [0.1, 0.15) is 5.56 Å². The van der Waals surface area contributed by atoms with E-state index in [1.165, 1.54) is 12.3 Å². The van der Waals surface area contributed by atoms with Gasteiger partial charge in [0, 0.05) is 15.2 Å². The van der Waals surface area contributed by atoms with E-state index in [4.69, 9.17) is 0 Å². The van der Waals surface area contributed by atoms with Crippen LogP contribution in [0, 0.1) is 3.57 Å². The highest BCUT2D eigenvalue weighted by Gasteiger charge is 2.30. The summed E-state index contributed by atoms with van der Waals surface area (Å²) in [4.78, 5) is 3.91. The SMILES string of the molecule is FC(F)(F)c1ccc2c(I)ccnc2c1. The maximum atomic E-state index is 12.4. The smallest absolute Gasteiger partial charge is 0.256 e. The minimum absolute atomic E-state index is 0.372. The average molecular weight is 323 g/mol. The summed E-state index contributed by atoms with van der Waals surface area (Å²) in [5.41, 5.74) is -0.291. The fraction of sp³-hybridized carbons (Fsp3) is 0.100. The first kappa shape index (κ1) is 10.7. The highest BCUT2D eigenvalue weighted by molar-refractivity contribution is 14.1. The first-order valence-electron chi connectivity index (χ1n) is 4.10. The predicted octanol–water partition coefficient (Wildman–Crippen LogP) is 3.86. The summed E-state index contributed by atoms with van der Waals surface area (Å²) < 4.78 is 38.1. The Morgan fingerprint density at radius 3 is 2.53 bits per heavy atom. The molecule has 1 aromatic carbocycles. The van der Waals surface area contributed by atoms with Gasteiger partial charge in [-0.05, 0) is 40.8 Å². The Morgan fingerprint density at radius 1 is 1.13 bits per heavy atom. The third kappa shape index (κ3) is 2.06. The molecule has 0 amide bonds. The topological polar surface area (TPSA) is 12.9 Å². The largest absolute Gasteiger partial charge is 0.416 e. The van der Waals surface area contributed by atoms with E-state index >= 15 is 0 Å². The van der Waals surface area contributed by atoms with Crippen LogP contribution in [-0.2, 0) is 6.18 Å². The molecule has 0 radical (unpaired) electrons. The number of rotatable bonds is 0. The lowest BCUT2D eigenvalue weighted by Crippen LogP contribution is -2.04. The van der Waals surface area contributed by atoms with Crippen molar-refractivity contribution in [1.29, 1.82) is 0 Å². The molecule has 5 heteroatoms. The van der Waals surface area contributed by atoms with Crippen LogP contribution in [0.25, 0.3) is 10.9 Å². The summed E-state index contributed by atoms with van der Waals surface area (Å²) in [6, 6.07) is 5.35. The van der Waals surface area contributed by atoms with Gasteiger partial charge in [0.25, 0.3) is 0 Å². The van der Waals surface area contributed by atoms with E-state index in [1.54, 1.807) is 6.07 Å². The second kappa shape index (κ2) is 3.62. The van der Waals surface area contributed by atoms with Crippen LogP contribution in [0.5, 0.6) is 0 Å². The van der Waals surface area contributed by atoms with Crippen LogP contribution in [0.4, 0.5) is 13.2 Å². The molecule has 0 spiro atoms. The first-order chi connectivity index (χ1) is 6.98. The molecule has 1 nitrogen and oxygen atoms in total. The second-order valence-electron chi connectivity index (χ2n) is 3.02. The van der Waals surface area contributed by atoms with Crippen molar-refractivity contribution in [2.75, 3.05) is 0 Å². The Labute approximate surface area is 97.5 Å². The van der Waals surface area contributed by atoms with E-state index in [0.29, 0.717) is 5.52 Å². The fourth-order valence-electron chi connectivity index (χ4n) is 1.29. The Morgan fingerprint density at radius 2 is 1.87 bits per heavy atom. The Balaban J connectivity index is 2.68. The van der Waals surface area contributed by atoms with Gasteiger partial charge < -0.3 is 0 Å². The molecular formula is C10H5F3IN. The molecular weight excluding hydrogens is 318 g/mol. The van der Waals surface area contributed by atoms with Gasteiger partial charge in [0.1, 0.15) is 0 Å². The molecule has 78 valence electrons. The molecule has 15 heavy (non-hydrogen) atoms. The predicted molar refractivity (Wildman–Crippen MR) is 59.5 cm³/mol. The molecule has 0 aliphatic heterocycles. The third-order valence-electron chi connectivity index (χ3n) is 2.02. The monoisotopic (exact) mass is 323 g/mol. The molecule has 0 saturated heterocycles. The molecule has 0 fully saturated rings. The minimum Gasteiger partial charge on any atom is -0.256 e. The van der Waals surface area contributed by atoms with Gasteiger partial charge in [-0.3, -0.25) is 4.98 Å². The summed E-state index contributed by atoms with van der Waals surface area (Å²) in [5, 5.41) is 0.742. The van der Waals surface area contributed by atoms with Crippen molar-refractivity contribution in [3.05, 3.63) is 39.6 Å². The summed E-state index contributed by atoms with van der Waals surface area (Å²) in [6.07, 6.45) is -2.80. The summed E-state index contributed by atoms with van der Waals surface area (Å²) in [7, 11) is 0. The normalized spacial score (nSPS) is 12.0. The van der Waals surface area contributed by atoms with Crippen molar-refractivity contribution in [3.8, 4) is 0 Å². The van der Waals surface area contributed by atoms with Crippen LogP contribution in [0.2, 0.25) is 0 Å². The lowest BCUT2D eigenvalue weighted by molar-refractivity contribution is -0.137. The average Bonchev–Trinajstić information content (AvgIpc) is 2.16. The lowest BCUT2D eigenvalue weighted by atomic mass is 10.1. The number of fused-ring (bicyclic) bond motifs is 1. The number of nitrogens with zero attached hydrogens (tertiary/aromatic N) is 1. The molecule has 2 aromatic rings. The minimum atomic E-state index is -4.31. The van der Waals surface area contributed by atoms with Crippen molar-refractivity contribution >= 4 is 33.5 Å². The van der Waals surface area contributed by atoms with Crippen molar-refractivity contribution in [1.82, 2.24) is 4.98 Å². The van der Waals surface area contributed by atoms with Crippen LogP contribution in [0.15, 0.2) is 30.5 Å². The van der Waals surface area contributed by atoms with Gasteiger partial charge in [0.05, 0.1) is 11.1 Å². The zero-order chi connectivity index (χ0) is 11.1. The van der Waals surface area contributed by atoms with Gasteiger partial charge in [0.15, 0.2) is 0 Å². The number of halogens is 4. The Bertz CT molecular complexity index is 507. The molecule has 0 N–H and O–H groups in total. The molecule has 1 aromatic heterocycles. The molecule has 0 aliphatic carbocycles. The van der Waals surface area contributed by atoms with Crippen LogP contribution in [-0.4, -0.2) is 4.98 Å². The van der Waals surface area contributed by atoms with Crippen molar-refractivity contribution in [3.63, 3.8) is 0 Å². The number of hydrogen-bond donors (Lipinski definition) is 0. The summed E-state index contributed by atoms with van der Waals surface area (Å²) >= 11 is 2.07. The van der Waals surface area contributed by atoms with Crippen molar-refractivity contribution < 1.29 is 13.2 Å². The van der Waals surface area contributed by atoms with Gasteiger partial charge in [-0.1, -0.05) is 6.07 Å². The molecule has 2 rings (SSSR count). The van der Waals surface area contributed by atoms with Gasteiger partial charge >= 0.3 is 6.18 Å². The maximum absolute atomic E-state index is 12.4. The van der Waals surface area contributed by atoms with E-state index in [1.807, 2.05) is 0 Å². The maximum Gasteiger partial charge on any atom is 0.416 e. The van der Waals surface area contributed by atoms with E-state index < -0.39 is 11.7 Å². The number of alkyl halides is 3. The van der Waals surface area contributed by atoms with Gasteiger partial charge in [0.2, 0.25) is 0 Å². The van der Waals surface area contributed by atoms with Crippen LogP contribution < -0.4 is 0 Å². The lowest BCUT2D eigenvalue weighted by Gasteiger charge is -2.07. The standard InChI is InChI=1S/C10H5F3IN/c11-10(12,13)6-1-2-7-8(14)3-4-15-9(7)5-6/h1-5H. The van der Waals surface area contributed by atoms with Crippen molar-refractivity contribution in [2.24, 2.45) is 0 Å². The molecule has 0 saturated carbocycles. The number of aromatic nitrogens is 1. The van der Waals surface area contributed by atoms with Crippen molar-refractivity contribution in [2.45, 2.75) is 6.18 Å². The van der Waals surface area contributed by atoms with Crippen LogP contribution in [0.3, 0.4) is 0 Å². The van der Waals surface area contributed by atoms with Gasteiger partial charge in [-0.15, -0.1) is 0 Å². The van der Waals surface area contributed by atoms with E-state index in [0.717, 1.165) is 21.1 Å². The first-order valence-corrected chi connectivity index (χ1v) is 5.18. The summed E-state index contributed by atoms with van der Waals surface area (Å²) in [6.45, 7) is 0. The van der Waals surface area contributed by atoms with E-state index in [9.17, 15) is 13.2 Å². The number of benzene rings is 1. The van der Waals surface area contributed by atoms with E-state index in [2.05, 4.69) is 27.6 Å². The molecule has 0 bridgehead atoms. The van der Waals surface area contributed by atoms with Gasteiger partial charge in [-0.25, -0.2) is 0 Å². The molecule has 1 heterocycles. The third-order valence-corrected chi connectivity index (χ3v) is 2.96. The zero-order valence-corrected chi connectivity index (χ0v) is 9.50. The zero-order valence-electron chi connectivity index (χ0n) is 7.35. The highest BCUT2D eigenvalue weighted by Crippen LogP contribution is 2.31. The molecule has 0 aliphatic rings. The highest BCUT2D eigenvalue weighted by atomic mass is 127. The number of hydrogen-bond acceptors (Lipinski definition) is 1. The summed E-state index contributed by atoms with van der Waals surface area (Å²) in [5.74, 6) is 0. The van der Waals surface area contributed by atoms with Crippen LogP contribution >= 0.6 is 22.6 Å². The molecule has 0 atom stereocenters. The van der Waals surface area contributed by atoms with E-state index in [-0.39, 0.29) is 0 Å². The Kier molecular flexibility index (Phi) is 2.57. The Hall–Kier alpha value is -0.850. The quantitative estimate of drug-likeness (QED) is 0.671. The molecule has 0 unspecified atom stereocenters. The fourth-order valence-corrected chi connectivity index (χ4v) is 1.91. The van der Waals surface area contributed by atoms with Gasteiger partial charge in [-0.2, -0.15) is 13.2 Å².